The lowest BCUT2D eigenvalue weighted by Gasteiger charge is -2.39. The van der Waals surface area contributed by atoms with Crippen molar-refractivity contribution >= 4 is 0 Å². The molecule has 1 aliphatic carbocycles. The molecule has 2 heteroatoms. The van der Waals surface area contributed by atoms with E-state index >= 15 is 0 Å². The Morgan fingerprint density at radius 3 is 1.89 bits per heavy atom. The van der Waals surface area contributed by atoms with Gasteiger partial charge >= 0.3 is 0 Å². The molecule has 1 aliphatic rings. The minimum absolute atomic E-state index is 0.201. The summed E-state index contributed by atoms with van der Waals surface area (Å²) < 4.78 is 0. The van der Waals surface area contributed by atoms with Gasteiger partial charge in [-0.3, -0.25) is 0 Å². The number of rotatable bonds is 5. The smallest absolute Gasteiger partial charge is 0.0130 e. The third-order valence-corrected chi connectivity index (χ3v) is 4.51. The summed E-state index contributed by atoms with van der Waals surface area (Å²) in [7, 11) is 0. The maximum Gasteiger partial charge on any atom is 0.0130 e. The van der Waals surface area contributed by atoms with Crippen LogP contribution in [0.25, 0.3) is 0 Å². The van der Waals surface area contributed by atoms with Crippen molar-refractivity contribution in [2.45, 2.75) is 85.1 Å². The van der Waals surface area contributed by atoms with Gasteiger partial charge in [0.15, 0.2) is 0 Å². The number of nitrogens with two attached hydrogens (primary N) is 1. The van der Waals surface area contributed by atoms with Crippen molar-refractivity contribution < 1.29 is 0 Å². The predicted molar refractivity (Wildman–Crippen MR) is 85.3 cm³/mol. The molecular formula is C17H36N2. The van der Waals surface area contributed by atoms with E-state index in [4.69, 9.17) is 5.73 Å². The molecule has 0 aromatic carbocycles. The van der Waals surface area contributed by atoms with Gasteiger partial charge in [0.25, 0.3) is 0 Å². The fraction of sp³-hybridized carbons (Fsp3) is 1.00. The molecule has 19 heavy (non-hydrogen) atoms. The molecule has 2 nitrogen and oxygen atoms in total. The van der Waals surface area contributed by atoms with Crippen molar-refractivity contribution in [2.75, 3.05) is 13.1 Å². The molecule has 0 aliphatic heterocycles. The zero-order chi connectivity index (χ0) is 14.6. The average Bonchev–Trinajstić information content (AvgIpc) is 2.49. The minimum Gasteiger partial charge on any atom is -0.330 e. The van der Waals surface area contributed by atoms with Crippen LogP contribution in [0.3, 0.4) is 0 Å². The molecular weight excluding hydrogens is 232 g/mol. The zero-order valence-electron chi connectivity index (χ0n) is 13.9. The average molecular weight is 268 g/mol. The van der Waals surface area contributed by atoms with Crippen molar-refractivity contribution in [3.63, 3.8) is 0 Å². The van der Waals surface area contributed by atoms with Crippen LogP contribution in [0.15, 0.2) is 0 Å². The van der Waals surface area contributed by atoms with Crippen LogP contribution in [0.4, 0.5) is 0 Å². The first-order valence-electron chi connectivity index (χ1n) is 8.13. The van der Waals surface area contributed by atoms with Gasteiger partial charge in [0.05, 0.1) is 0 Å². The highest BCUT2D eigenvalue weighted by Crippen LogP contribution is 2.35. The van der Waals surface area contributed by atoms with E-state index in [0.29, 0.717) is 10.8 Å². The second-order valence-corrected chi connectivity index (χ2v) is 8.59. The Hall–Kier alpha value is -0.0800. The standard InChI is InChI=1S/C17H36N2/c1-15(2,3)12-16(4,5)19-14-17(13-18)10-8-6-7-9-11-17/h19H,6-14,18H2,1-5H3. The number of nitrogens with one attached hydrogen (secondary N) is 1. The molecule has 1 rings (SSSR count). The lowest BCUT2D eigenvalue weighted by molar-refractivity contribution is 0.180. The van der Waals surface area contributed by atoms with Crippen LogP contribution in [0.1, 0.15) is 79.6 Å². The molecule has 0 aromatic rings. The molecule has 1 fully saturated rings. The third kappa shape index (κ3) is 6.27. The third-order valence-electron chi connectivity index (χ3n) is 4.51. The van der Waals surface area contributed by atoms with Crippen LogP contribution in [-0.2, 0) is 0 Å². The van der Waals surface area contributed by atoms with E-state index in [1.165, 1.54) is 44.9 Å². The molecule has 114 valence electrons. The molecule has 0 heterocycles. The van der Waals surface area contributed by atoms with Gasteiger partial charge in [-0.05, 0) is 50.5 Å². The first-order chi connectivity index (χ1) is 8.68. The Bertz CT molecular complexity index is 255. The summed E-state index contributed by atoms with van der Waals surface area (Å²) >= 11 is 0. The molecule has 0 saturated heterocycles. The highest BCUT2D eigenvalue weighted by atomic mass is 15.0. The largest absolute Gasteiger partial charge is 0.330 e. The van der Waals surface area contributed by atoms with Gasteiger partial charge < -0.3 is 11.1 Å². The van der Waals surface area contributed by atoms with Crippen LogP contribution in [0.2, 0.25) is 0 Å². The van der Waals surface area contributed by atoms with Crippen molar-refractivity contribution in [2.24, 2.45) is 16.6 Å². The van der Waals surface area contributed by atoms with Crippen molar-refractivity contribution in [3.05, 3.63) is 0 Å². The highest BCUT2D eigenvalue weighted by Gasteiger charge is 2.32. The summed E-state index contributed by atoms with van der Waals surface area (Å²) in [6.45, 7) is 13.6. The molecule has 3 N–H and O–H groups in total. The Kier molecular flexibility index (Phi) is 5.88. The lowest BCUT2D eigenvalue weighted by Crippen LogP contribution is -2.49. The van der Waals surface area contributed by atoms with Gasteiger partial charge in [-0.2, -0.15) is 0 Å². The Morgan fingerprint density at radius 2 is 1.47 bits per heavy atom. The molecule has 0 atom stereocenters. The Balaban J connectivity index is 2.56. The van der Waals surface area contributed by atoms with Crippen LogP contribution < -0.4 is 11.1 Å². The van der Waals surface area contributed by atoms with E-state index in [1.54, 1.807) is 0 Å². The number of hydrogen-bond donors (Lipinski definition) is 2. The van der Waals surface area contributed by atoms with Gasteiger partial charge in [-0.15, -0.1) is 0 Å². The van der Waals surface area contributed by atoms with E-state index in [1.807, 2.05) is 0 Å². The van der Waals surface area contributed by atoms with E-state index in [2.05, 4.69) is 39.9 Å². The van der Waals surface area contributed by atoms with E-state index < -0.39 is 0 Å². The van der Waals surface area contributed by atoms with Crippen molar-refractivity contribution in [1.82, 2.24) is 5.32 Å². The van der Waals surface area contributed by atoms with Crippen molar-refractivity contribution in [3.8, 4) is 0 Å². The summed E-state index contributed by atoms with van der Waals surface area (Å²) in [4.78, 5) is 0. The van der Waals surface area contributed by atoms with E-state index in [9.17, 15) is 0 Å². The second kappa shape index (κ2) is 6.58. The fourth-order valence-corrected chi connectivity index (χ4v) is 3.75. The monoisotopic (exact) mass is 268 g/mol. The van der Waals surface area contributed by atoms with Gasteiger partial charge in [-0.1, -0.05) is 46.5 Å². The molecule has 0 spiro atoms. The van der Waals surface area contributed by atoms with E-state index in [-0.39, 0.29) is 5.54 Å². The number of hydrogen-bond acceptors (Lipinski definition) is 2. The first kappa shape index (κ1) is 17.0. The zero-order valence-corrected chi connectivity index (χ0v) is 13.9. The van der Waals surface area contributed by atoms with Gasteiger partial charge in [0.2, 0.25) is 0 Å². The summed E-state index contributed by atoms with van der Waals surface area (Å²) in [5.74, 6) is 0. The predicted octanol–water partition coefficient (Wildman–Crippen LogP) is 4.09. The Morgan fingerprint density at radius 1 is 0.947 bits per heavy atom. The molecule has 0 amide bonds. The summed E-state index contributed by atoms with van der Waals surface area (Å²) in [6.07, 6.45) is 9.32. The maximum atomic E-state index is 6.12. The summed E-state index contributed by atoms with van der Waals surface area (Å²) in [5, 5.41) is 3.82. The van der Waals surface area contributed by atoms with Gasteiger partial charge in [0.1, 0.15) is 0 Å². The minimum atomic E-state index is 0.201. The molecule has 0 bridgehead atoms. The topological polar surface area (TPSA) is 38.0 Å². The molecule has 0 radical (unpaired) electrons. The molecule has 1 saturated carbocycles. The van der Waals surface area contributed by atoms with Gasteiger partial charge in [0, 0.05) is 12.1 Å². The lowest BCUT2D eigenvalue weighted by atomic mass is 9.77. The Labute approximate surface area is 120 Å². The quantitative estimate of drug-likeness (QED) is 0.737. The molecule has 0 aromatic heterocycles. The first-order valence-corrected chi connectivity index (χ1v) is 8.13. The van der Waals surface area contributed by atoms with Crippen molar-refractivity contribution in [1.29, 1.82) is 0 Å². The fourth-order valence-electron chi connectivity index (χ4n) is 3.75. The second-order valence-electron chi connectivity index (χ2n) is 8.59. The van der Waals surface area contributed by atoms with Gasteiger partial charge in [-0.25, -0.2) is 0 Å². The van der Waals surface area contributed by atoms with Crippen LogP contribution in [0.5, 0.6) is 0 Å². The molecule has 0 unspecified atom stereocenters. The summed E-state index contributed by atoms with van der Waals surface area (Å²) in [6, 6.07) is 0. The normalized spacial score (nSPS) is 21.2. The highest BCUT2D eigenvalue weighted by molar-refractivity contribution is 4.90. The maximum absolute atomic E-state index is 6.12. The van der Waals surface area contributed by atoms with E-state index in [0.717, 1.165) is 13.1 Å². The SMILES string of the molecule is CC(C)(C)CC(C)(C)NCC1(CN)CCCCCC1. The summed E-state index contributed by atoms with van der Waals surface area (Å²) in [5.41, 5.74) is 7.05. The van der Waals surface area contributed by atoms with Crippen LogP contribution >= 0.6 is 0 Å². The van der Waals surface area contributed by atoms with Crippen LogP contribution in [-0.4, -0.2) is 18.6 Å². The van der Waals surface area contributed by atoms with Crippen LogP contribution in [0, 0.1) is 10.8 Å².